The molecule has 2 aromatic rings. The molecule has 0 unspecified atom stereocenters. The maximum atomic E-state index is 4.66. The normalized spacial score (nSPS) is 12.3. The molecule has 18 heavy (non-hydrogen) atoms. The van der Waals surface area contributed by atoms with E-state index in [1.807, 2.05) is 16.8 Å². The summed E-state index contributed by atoms with van der Waals surface area (Å²) in [4.78, 5) is 2.15. The van der Waals surface area contributed by atoms with E-state index in [1.54, 1.807) is 0 Å². The van der Waals surface area contributed by atoms with Gasteiger partial charge in [0, 0.05) is 18.3 Å². The summed E-state index contributed by atoms with van der Waals surface area (Å²) in [7, 11) is 4.15. The van der Waals surface area contributed by atoms with Crippen molar-refractivity contribution in [1.29, 1.82) is 0 Å². The van der Waals surface area contributed by atoms with Crippen LogP contribution in [0.25, 0.3) is 11.6 Å². The molecule has 0 bridgehead atoms. The molecule has 0 aromatic carbocycles. The van der Waals surface area contributed by atoms with Crippen molar-refractivity contribution < 1.29 is 0 Å². The van der Waals surface area contributed by atoms with Crippen LogP contribution in [0.1, 0.15) is 31.0 Å². The highest BCUT2D eigenvalue weighted by atomic mass is 15.2. The van der Waals surface area contributed by atoms with E-state index in [4.69, 9.17) is 0 Å². The van der Waals surface area contributed by atoms with Gasteiger partial charge in [-0.05, 0) is 32.1 Å². The van der Waals surface area contributed by atoms with Crippen LogP contribution in [-0.2, 0) is 0 Å². The molecular weight excluding hydrogens is 222 g/mol. The van der Waals surface area contributed by atoms with Gasteiger partial charge in [0.15, 0.2) is 0 Å². The van der Waals surface area contributed by atoms with Crippen LogP contribution in [0, 0.1) is 0 Å². The maximum absolute atomic E-state index is 4.66. The Balaban J connectivity index is 2.45. The van der Waals surface area contributed by atoms with Crippen LogP contribution in [0.4, 0.5) is 0 Å². The second-order valence-corrected chi connectivity index (χ2v) is 5.15. The minimum absolute atomic E-state index is 0.434. The van der Waals surface area contributed by atoms with Crippen LogP contribution in [0.3, 0.4) is 0 Å². The molecule has 0 saturated heterocycles. The van der Waals surface area contributed by atoms with Crippen LogP contribution in [0.5, 0.6) is 0 Å². The molecule has 0 aliphatic carbocycles. The van der Waals surface area contributed by atoms with Gasteiger partial charge in [0.1, 0.15) is 0 Å². The van der Waals surface area contributed by atoms with E-state index in [0.717, 1.165) is 12.2 Å². The second-order valence-electron chi connectivity index (χ2n) is 5.15. The van der Waals surface area contributed by atoms with E-state index in [-0.39, 0.29) is 0 Å². The summed E-state index contributed by atoms with van der Waals surface area (Å²) >= 11 is 0. The number of rotatable bonds is 4. The first-order chi connectivity index (χ1) is 8.59. The lowest BCUT2D eigenvalue weighted by Crippen LogP contribution is -2.10. The van der Waals surface area contributed by atoms with Gasteiger partial charge in [-0.2, -0.15) is 5.10 Å². The van der Waals surface area contributed by atoms with Crippen molar-refractivity contribution in [1.82, 2.24) is 14.5 Å². The maximum Gasteiger partial charge on any atom is 0.0736 e. The fourth-order valence-electron chi connectivity index (χ4n) is 2.01. The molecule has 2 rings (SSSR count). The number of hydrogen-bond acceptors (Lipinski definition) is 2. The van der Waals surface area contributed by atoms with E-state index in [0.29, 0.717) is 5.92 Å². The fourth-order valence-corrected chi connectivity index (χ4v) is 2.01. The van der Waals surface area contributed by atoms with E-state index in [9.17, 15) is 0 Å². The molecule has 0 amide bonds. The molecule has 0 N–H and O–H groups in total. The first-order valence-corrected chi connectivity index (χ1v) is 6.38. The fraction of sp³-hybridized carbons (Fsp3) is 0.400. The van der Waals surface area contributed by atoms with Crippen molar-refractivity contribution >= 4 is 11.6 Å². The molecule has 0 aliphatic rings. The zero-order chi connectivity index (χ0) is 13.1. The number of fused-ring (bicyclic) bond motifs is 1. The molecule has 96 valence electrons. The lowest BCUT2D eigenvalue weighted by Gasteiger charge is -2.04. The highest BCUT2D eigenvalue weighted by molar-refractivity contribution is 5.71. The van der Waals surface area contributed by atoms with E-state index in [1.165, 1.54) is 11.1 Å². The van der Waals surface area contributed by atoms with Crippen molar-refractivity contribution in [3.63, 3.8) is 0 Å². The smallest absolute Gasteiger partial charge is 0.0736 e. The highest BCUT2D eigenvalue weighted by Crippen LogP contribution is 2.23. The first kappa shape index (κ1) is 12.8. The SMILES string of the molecule is CC(C)c1nn2ccccc2c1/C=C/CN(C)C. The predicted molar refractivity (Wildman–Crippen MR) is 76.9 cm³/mol. The largest absolute Gasteiger partial charge is 0.306 e. The molecular formula is C15H21N3. The van der Waals surface area contributed by atoms with Gasteiger partial charge in [0.25, 0.3) is 0 Å². The van der Waals surface area contributed by atoms with Gasteiger partial charge < -0.3 is 4.90 Å². The quantitative estimate of drug-likeness (QED) is 0.822. The average Bonchev–Trinajstić information content (AvgIpc) is 2.68. The third-order valence-electron chi connectivity index (χ3n) is 2.91. The van der Waals surface area contributed by atoms with Gasteiger partial charge >= 0.3 is 0 Å². The molecule has 3 nitrogen and oxygen atoms in total. The summed E-state index contributed by atoms with van der Waals surface area (Å²) < 4.78 is 1.96. The lowest BCUT2D eigenvalue weighted by atomic mass is 10.0. The number of hydrogen-bond donors (Lipinski definition) is 0. The molecule has 0 saturated carbocycles. The Bertz CT molecular complexity index is 550. The van der Waals surface area contributed by atoms with Gasteiger partial charge in [0.05, 0.1) is 11.2 Å². The first-order valence-electron chi connectivity index (χ1n) is 6.38. The Morgan fingerprint density at radius 3 is 2.78 bits per heavy atom. The average molecular weight is 243 g/mol. The number of nitrogens with zero attached hydrogens (tertiary/aromatic N) is 3. The van der Waals surface area contributed by atoms with E-state index < -0.39 is 0 Å². The van der Waals surface area contributed by atoms with Crippen LogP contribution in [0.15, 0.2) is 30.5 Å². The monoisotopic (exact) mass is 243 g/mol. The van der Waals surface area contributed by atoms with Crippen LogP contribution >= 0.6 is 0 Å². The summed E-state index contributed by atoms with van der Waals surface area (Å²) in [5, 5.41) is 4.66. The van der Waals surface area contributed by atoms with E-state index in [2.05, 4.69) is 62.2 Å². The van der Waals surface area contributed by atoms with Crippen molar-refractivity contribution in [3.8, 4) is 0 Å². The van der Waals surface area contributed by atoms with Gasteiger partial charge in [-0.3, -0.25) is 0 Å². The second kappa shape index (κ2) is 5.36. The summed E-state index contributed by atoms with van der Waals surface area (Å²) in [5.41, 5.74) is 3.58. The van der Waals surface area contributed by atoms with Crippen LogP contribution in [0.2, 0.25) is 0 Å². The number of pyridine rings is 1. The van der Waals surface area contributed by atoms with Crippen molar-refractivity contribution in [2.24, 2.45) is 0 Å². The van der Waals surface area contributed by atoms with Gasteiger partial charge in [0.2, 0.25) is 0 Å². The van der Waals surface area contributed by atoms with Crippen LogP contribution in [-0.4, -0.2) is 35.2 Å². The summed E-state index contributed by atoms with van der Waals surface area (Å²) in [6.45, 7) is 5.32. The summed E-state index contributed by atoms with van der Waals surface area (Å²) in [6, 6.07) is 6.19. The topological polar surface area (TPSA) is 20.5 Å². The minimum Gasteiger partial charge on any atom is -0.306 e. The third-order valence-corrected chi connectivity index (χ3v) is 2.91. The highest BCUT2D eigenvalue weighted by Gasteiger charge is 2.12. The Morgan fingerprint density at radius 2 is 2.11 bits per heavy atom. The predicted octanol–water partition coefficient (Wildman–Crippen LogP) is 3.03. The summed E-state index contributed by atoms with van der Waals surface area (Å²) in [5.74, 6) is 0.434. The van der Waals surface area contributed by atoms with Gasteiger partial charge in [-0.15, -0.1) is 0 Å². The lowest BCUT2D eigenvalue weighted by molar-refractivity contribution is 0.457. The van der Waals surface area contributed by atoms with Gasteiger partial charge in [-0.1, -0.05) is 32.1 Å². The third kappa shape index (κ3) is 2.62. The number of aromatic nitrogens is 2. The van der Waals surface area contributed by atoms with Crippen molar-refractivity contribution in [2.75, 3.05) is 20.6 Å². The molecule has 2 heterocycles. The van der Waals surface area contributed by atoms with Crippen molar-refractivity contribution in [2.45, 2.75) is 19.8 Å². The molecule has 0 fully saturated rings. The zero-order valence-electron chi connectivity index (χ0n) is 11.6. The molecule has 2 aromatic heterocycles. The Hall–Kier alpha value is -1.61. The van der Waals surface area contributed by atoms with Gasteiger partial charge in [-0.25, -0.2) is 4.52 Å². The summed E-state index contributed by atoms with van der Waals surface area (Å²) in [6.07, 6.45) is 6.39. The molecule has 0 radical (unpaired) electrons. The van der Waals surface area contributed by atoms with Crippen molar-refractivity contribution in [3.05, 3.63) is 41.7 Å². The van der Waals surface area contributed by atoms with Crippen LogP contribution < -0.4 is 0 Å². The Kier molecular flexibility index (Phi) is 3.82. The molecule has 0 atom stereocenters. The zero-order valence-corrected chi connectivity index (χ0v) is 11.6. The Labute approximate surface area is 109 Å². The molecule has 3 heteroatoms. The molecule has 0 aliphatic heterocycles. The Morgan fingerprint density at radius 1 is 1.33 bits per heavy atom. The van der Waals surface area contributed by atoms with E-state index >= 15 is 0 Å². The standard InChI is InChI=1S/C15H21N3/c1-12(2)15-13(8-7-10-17(3)4)14-9-5-6-11-18(14)16-15/h5-9,11-12H,10H2,1-4H3/b8-7+. The number of likely N-dealkylation sites (N-methyl/N-ethyl adjacent to an activating group) is 1. The molecule has 0 spiro atoms. The minimum atomic E-state index is 0.434.